The Morgan fingerprint density at radius 3 is 1.75 bits per heavy atom. The van der Waals surface area contributed by atoms with Gasteiger partial charge in [0.05, 0.1) is 10.0 Å². The molecule has 0 spiro atoms. The summed E-state index contributed by atoms with van der Waals surface area (Å²) in [6.45, 7) is 0. The standard InChI is InChI=1S/C22H16Cl2NO2P/c23-19-12-11-18(13-20(19)24)25-28(26)14-21(16-7-3-1-4-8-16)27-22(15-28)17-9-5-2-6-10-17/h1-15H,(H,25,26). The van der Waals surface area contributed by atoms with E-state index < -0.39 is 7.29 Å². The molecule has 0 radical (unpaired) electrons. The topological polar surface area (TPSA) is 38.3 Å². The molecule has 1 aliphatic heterocycles. The van der Waals surface area contributed by atoms with Crippen molar-refractivity contribution in [1.29, 1.82) is 0 Å². The molecule has 28 heavy (non-hydrogen) atoms. The molecule has 1 N–H and O–H groups in total. The number of hydrogen-bond acceptors (Lipinski definition) is 2. The van der Waals surface area contributed by atoms with E-state index in [0.717, 1.165) is 11.1 Å². The lowest BCUT2D eigenvalue weighted by Gasteiger charge is -2.24. The maximum Gasteiger partial charge on any atom is 0.220 e. The zero-order valence-corrected chi connectivity index (χ0v) is 17.1. The van der Waals surface area contributed by atoms with Crippen LogP contribution in [0.4, 0.5) is 5.69 Å². The average Bonchev–Trinajstić information content (AvgIpc) is 2.71. The van der Waals surface area contributed by atoms with Gasteiger partial charge in [-0.3, -0.25) is 4.57 Å². The maximum atomic E-state index is 13.7. The van der Waals surface area contributed by atoms with E-state index in [1.807, 2.05) is 60.7 Å². The van der Waals surface area contributed by atoms with Gasteiger partial charge in [-0.15, -0.1) is 0 Å². The first-order valence-corrected chi connectivity index (χ1v) is 11.2. The molecule has 1 heterocycles. The van der Waals surface area contributed by atoms with Crippen molar-refractivity contribution in [2.45, 2.75) is 0 Å². The highest BCUT2D eigenvalue weighted by molar-refractivity contribution is 7.72. The van der Waals surface area contributed by atoms with Crippen molar-refractivity contribution in [3.63, 3.8) is 0 Å². The Kier molecular flexibility index (Phi) is 5.32. The van der Waals surface area contributed by atoms with Crippen molar-refractivity contribution >= 4 is 47.7 Å². The first kappa shape index (κ1) is 18.9. The van der Waals surface area contributed by atoms with E-state index in [0.29, 0.717) is 27.3 Å². The third kappa shape index (κ3) is 4.18. The second-order valence-electron chi connectivity index (χ2n) is 6.27. The van der Waals surface area contributed by atoms with Crippen molar-refractivity contribution in [3.05, 3.63) is 112 Å². The smallest absolute Gasteiger partial charge is 0.220 e. The first-order valence-electron chi connectivity index (χ1n) is 8.60. The fourth-order valence-corrected chi connectivity index (χ4v) is 5.01. The lowest BCUT2D eigenvalue weighted by atomic mass is 10.2. The van der Waals surface area contributed by atoms with Gasteiger partial charge in [-0.2, -0.15) is 0 Å². The highest BCUT2D eigenvalue weighted by Crippen LogP contribution is 2.56. The Bertz CT molecular complexity index is 1050. The number of rotatable bonds is 4. The van der Waals surface area contributed by atoms with Crippen LogP contribution < -0.4 is 5.09 Å². The van der Waals surface area contributed by atoms with Crippen LogP contribution in [0, 0.1) is 0 Å². The number of nitrogens with one attached hydrogen (secondary N) is 1. The lowest BCUT2D eigenvalue weighted by Crippen LogP contribution is -2.03. The number of ether oxygens (including phenoxy) is 1. The van der Waals surface area contributed by atoms with Gasteiger partial charge in [0.15, 0.2) is 0 Å². The van der Waals surface area contributed by atoms with Crippen LogP contribution in [0.1, 0.15) is 11.1 Å². The van der Waals surface area contributed by atoms with Gasteiger partial charge in [0, 0.05) is 28.4 Å². The fraction of sp³-hybridized carbons (Fsp3) is 0. The van der Waals surface area contributed by atoms with Gasteiger partial charge < -0.3 is 9.82 Å². The van der Waals surface area contributed by atoms with Crippen molar-refractivity contribution in [2.24, 2.45) is 0 Å². The van der Waals surface area contributed by atoms with E-state index in [9.17, 15) is 4.57 Å². The molecule has 0 unspecified atom stereocenters. The third-order valence-corrected chi connectivity index (χ3v) is 6.76. The highest BCUT2D eigenvalue weighted by atomic mass is 35.5. The molecule has 0 amide bonds. The molecular weight excluding hydrogens is 412 g/mol. The van der Waals surface area contributed by atoms with E-state index in [1.165, 1.54) is 0 Å². The third-order valence-electron chi connectivity index (χ3n) is 4.18. The van der Waals surface area contributed by atoms with E-state index in [2.05, 4.69) is 5.09 Å². The van der Waals surface area contributed by atoms with Crippen LogP contribution in [0.15, 0.2) is 90.5 Å². The minimum Gasteiger partial charge on any atom is -0.456 e. The second-order valence-corrected chi connectivity index (χ2v) is 9.24. The van der Waals surface area contributed by atoms with Crippen molar-refractivity contribution < 1.29 is 9.30 Å². The molecule has 6 heteroatoms. The summed E-state index contributed by atoms with van der Waals surface area (Å²) in [6, 6.07) is 24.3. The Balaban J connectivity index is 1.77. The molecule has 0 aliphatic carbocycles. The first-order chi connectivity index (χ1) is 13.5. The summed E-state index contributed by atoms with van der Waals surface area (Å²) in [5.41, 5.74) is 2.31. The van der Waals surface area contributed by atoms with Crippen LogP contribution in [-0.4, -0.2) is 0 Å². The number of hydrogen-bond donors (Lipinski definition) is 1. The van der Waals surface area contributed by atoms with Gasteiger partial charge in [0.25, 0.3) is 0 Å². The summed E-state index contributed by atoms with van der Waals surface area (Å²) >= 11 is 12.1. The van der Waals surface area contributed by atoms with Crippen LogP contribution in [0.2, 0.25) is 10.0 Å². The second kappa shape index (κ2) is 7.89. The highest BCUT2D eigenvalue weighted by Gasteiger charge is 2.27. The quantitative estimate of drug-likeness (QED) is 0.433. The summed E-state index contributed by atoms with van der Waals surface area (Å²) in [4.78, 5) is 0. The molecule has 0 saturated heterocycles. The van der Waals surface area contributed by atoms with Crippen molar-refractivity contribution in [2.75, 3.05) is 5.09 Å². The van der Waals surface area contributed by atoms with E-state index in [-0.39, 0.29) is 0 Å². The van der Waals surface area contributed by atoms with Crippen molar-refractivity contribution in [3.8, 4) is 0 Å². The molecule has 0 aromatic heterocycles. The molecular formula is C22H16Cl2NO2P. The van der Waals surface area contributed by atoms with Crippen LogP contribution in [0.5, 0.6) is 0 Å². The summed E-state index contributed by atoms with van der Waals surface area (Å²) in [7, 11) is -3.11. The monoisotopic (exact) mass is 427 g/mol. The molecule has 4 rings (SSSR count). The van der Waals surface area contributed by atoms with Crippen LogP contribution >= 0.6 is 30.5 Å². The molecule has 0 atom stereocenters. The van der Waals surface area contributed by atoms with Gasteiger partial charge in [-0.25, -0.2) is 0 Å². The van der Waals surface area contributed by atoms with Crippen LogP contribution in [-0.2, 0) is 9.30 Å². The van der Waals surface area contributed by atoms with Crippen molar-refractivity contribution in [1.82, 2.24) is 0 Å². The van der Waals surface area contributed by atoms with Gasteiger partial charge in [0.1, 0.15) is 11.5 Å². The van der Waals surface area contributed by atoms with Gasteiger partial charge in [0.2, 0.25) is 7.29 Å². The summed E-state index contributed by atoms with van der Waals surface area (Å²) in [5.74, 6) is 4.35. The van der Waals surface area contributed by atoms with E-state index in [1.54, 1.807) is 29.8 Å². The largest absolute Gasteiger partial charge is 0.456 e. The molecule has 0 bridgehead atoms. The van der Waals surface area contributed by atoms with Crippen LogP contribution in [0.3, 0.4) is 0 Å². The molecule has 0 saturated carbocycles. The summed E-state index contributed by atoms with van der Waals surface area (Å²) in [5, 5.41) is 3.94. The molecule has 3 aromatic rings. The Labute approximate surface area is 173 Å². The Hall–Kier alpha value is -2.45. The zero-order valence-electron chi connectivity index (χ0n) is 14.7. The van der Waals surface area contributed by atoms with Gasteiger partial charge in [-0.1, -0.05) is 83.9 Å². The molecule has 0 fully saturated rings. The summed E-state index contributed by atoms with van der Waals surface area (Å²) < 4.78 is 19.8. The minimum atomic E-state index is -3.11. The van der Waals surface area contributed by atoms with Gasteiger partial charge in [-0.05, 0) is 18.2 Å². The molecule has 3 nitrogen and oxygen atoms in total. The predicted octanol–water partition coefficient (Wildman–Crippen LogP) is 7.71. The lowest BCUT2D eigenvalue weighted by molar-refractivity contribution is 0.469. The summed E-state index contributed by atoms with van der Waals surface area (Å²) in [6.07, 6.45) is 0. The van der Waals surface area contributed by atoms with E-state index >= 15 is 0 Å². The normalized spacial score (nSPS) is 15.2. The Morgan fingerprint density at radius 1 is 0.714 bits per heavy atom. The SMILES string of the molecule is O=P1(Nc2ccc(Cl)c(Cl)c2)C=C(c2ccccc2)OC(c2ccccc2)=C1. The maximum absolute atomic E-state index is 13.7. The Morgan fingerprint density at radius 2 is 1.25 bits per heavy atom. The molecule has 1 aliphatic rings. The number of halogens is 2. The number of benzene rings is 3. The van der Waals surface area contributed by atoms with Crippen LogP contribution in [0.25, 0.3) is 11.5 Å². The van der Waals surface area contributed by atoms with E-state index in [4.69, 9.17) is 27.9 Å². The zero-order chi connectivity index (χ0) is 19.6. The predicted molar refractivity (Wildman–Crippen MR) is 118 cm³/mol. The fourth-order valence-electron chi connectivity index (χ4n) is 2.86. The minimum absolute atomic E-state index is 0.394. The molecule has 140 valence electrons. The molecule has 3 aromatic carbocycles. The van der Waals surface area contributed by atoms with Gasteiger partial charge >= 0.3 is 0 Å². The number of anilines is 1. The average molecular weight is 428 g/mol.